The zero-order chi connectivity index (χ0) is 14.3. The predicted octanol–water partition coefficient (Wildman–Crippen LogP) is 3.57. The molecule has 0 amide bonds. The normalized spacial score (nSPS) is 12.1. The van der Waals surface area contributed by atoms with Gasteiger partial charge in [0, 0.05) is 17.6 Å². The molecule has 0 spiro atoms. The highest BCUT2D eigenvalue weighted by Gasteiger charge is 2.13. The first-order valence-electron chi connectivity index (χ1n) is 7.02. The predicted molar refractivity (Wildman–Crippen MR) is 81.1 cm³/mol. The maximum atomic E-state index is 5.60. The molecule has 0 radical (unpaired) electrons. The summed E-state index contributed by atoms with van der Waals surface area (Å²) < 4.78 is 5.60. The highest BCUT2D eigenvalue weighted by molar-refractivity contribution is 5.17. The maximum absolute atomic E-state index is 5.60. The van der Waals surface area contributed by atoms with Gasteiger partial charge < -0.3 is 9.73 Å². The molecule has 108 valence electrons. The van der Waals surface area contributed by atoms with Crippen molar-refractivity contribution in [1.82, 2.24) is 10.2 Å². The smallest absolute Gasteiger partial charge is 0.122 e. The van der Waals surface area contributed by atoms with Gasteiger partial charge in [0.25, 0.3) is 0 Å². The fourth-order valence-corrected chi connectivity index (χ4v) is 1.85. The Morgan fingerprint density at radius 2 is 2.16 bits per heavy atom. The van der Waals surface area contributed by atoms with Gasteiger partial charge in [-0.2, -0.15) is 0 Å². The van der Waals surface area contributed by atoms with Gasteiger partial charge in [0.1, 0.15) is 5.76 Å². The molecule has 0 saturated carbocycles. The summed E-state index contributed by atoms with van der Waals surface area (Å²) in [4.78, 5) is 2.29. The molecule has 3 heteroatoms. The Labute approximate surface area is 117 Å². The number of hydrogen-bond acceptors (Lipinski definition) is 3. The lowest BCUT2D eigenvalue weighted by atomic mass is 10.1. The van der Waals surface area contributed by atoms with Gasteiger partial charge in [-0.3, -0.25) is 4.90 Å². The van der Waals surface area contributed by atoms with Crippen molar-refractivity contribution in [3.63, 3.8) is 0 Å². The molecular weight excluding hydrogens is 236 g/mol. The van der Waals surface area contributed by atoms with E-state index in [1.54, 1.807) is 6.26 Å². The van der Waals surface area contributed by atoms with E-state index < -0.39 is 0 Å². The molecule has 3 nitrogen and oxygen atoms in total. The van der Waals surface area contributed by atoms with Crippen molar-refractivity contribution in [1.29, 1.82) is 0 Å². The topological polar surface area (TPSA) is 28.4 Å². The van der Waals surface area contributed by atoms with E-state index >= 15 is 0 Å². The molecule has 19 heavy (non-hydrogen) atoms. The summed E-state index contributed by atoms with van der Waals surface area (Å²) in [5.74, 6) is 1.07. The number of allylic oxidation sites excluding steroid dienone is 1. The second kappa shape index (κ2) is 7.51. The molecule has 0 saturated heterocycles. The first-order valence-corrected chi connectivity index (χ1v) is 7.02. The lowest BCUT2D eigenvalue weighted by molar-refractivity contribution is 0.289. The van der Waals surface area contributed by atoms with Gasteiger partial charge in [0.15, 0.2) is 0 Å². The van der Waals surface area contributed by atoms with E-state index in [1.807, 2.05) is 6.08 Å². The van der Waals surface area contributed by atoms with Crippen molar-refractivity contribution in [2.24, 2.45) is 0 Å². The van der Waals surface area contributed by atoms with E-state index in [0.29, 0.717) is 0 Å². The summed E-state index contributed by atoms with van der Waals surface area (Å²) in [5.41, 5.74) is 1.38. The highest BCUT2D eigenvalue weighted by Crippen LogP contribution is 2.14. The van der Waals surface area contributed by atoms with Gasteiger partial charge >= 0.3 is 0 Å². The second-order valence-corrected chi connectivity index (χ2v) is 6.14. The summed E-state index contributed by atoms with van der Waals surface area (Å²) in [6.45, 7) is 13.1. The first kappa shape index (κ1) is 16.0. The van der Waals surface area contributed by atoms with E-state index in [9.17, 15) is 0 Å². The van der Waals surface area contributed by atoms with Crippen LogP contribution < -0.4 is 5.32 Å². The Morgan fingerprint density at radius 1 is 1.42 bits per heavy atom. The van der Waals surface area contributed by atoms with E-state index in [4.69, 9.17) is 4.42 Å². The number of rotatable bonds is 8. The van der Waals surface area contributed by atoms with Crippen LogP contribution in [0.4, 0.5) is 0 Å². The molecule has 0 fully saturated rings. The molecule has 1 N–H and O–H groups in total. The van der Waals surface area contributed by atoms with E-state index in [2.05, 4.69) is 50.7 Å². The standard InChI is InChI=1S/C16H28N2O/c1-6-7-8-10-18(5)13-15-14(9-11-19-15)12-17-16(2,3)4/h6,9,11,17H,1,7-8,10,12-13H2,2-5H3. The average molecular weight is 264 g/mol. The molecule has 1 rings (SSSR count). The molecule has 0 bridgehead atoms. The van der Waals surface area contributed by atoms with E-state index in [0.717, 1.165) is 38.2 Å². The molecule has 0 aliphatic carbocycles. The van der Waals surface area contributed by atoms with E-state index in [1.165, 1.54) is 5.56 Å². The fourth-order valence-electron chi connectivity index (χ4n) is 1.85. The minimum absolute atomic E-state index is 0.129. The van der Waals surface area contributed by atoms with Gasteiger partial charge in [-0.25, -0.2) is 0 Å². The molecule has 0 aliphatic heterocycles. The Hall–Kier alpha value is -1.06. The Kier molecular flexibility index (Phi) is 6.32. The van der Waals surface area contributed by atoms with Crippen LogP contribution in [0.2, 0.25) is 0 Å². The highest BCUT2D eigenvalue weighted by atomic mass is 16.3. The first-order chi connectivity index (χ1) is 8.92. The monoisotopic (exact) mass is 264 g/mol. The third-order valence-electron chi connectivity index (χ3n) is 3.01. The molecule has 0 aromatic carbocycles. The van der Waals surface area contributed by atoms with Crippen molar-refractivity contribution in [3.05, 3.63) is 36.3 Å². The molecule has 1 aromatic heterocycles. The minimum atomic E-state index is 0.129. The maximum Gasteiger partial charge on any atom is 0.122 e. The lowest BCUT2D eigenvalue weighted by Gasteiger charge is -2.21. The van der Waals surface area contributed by atoms with Crippen LogP contribution in [-0.2, 0) is 13.1 Å². The van der Waals surface area contributed by atoms with Crippen LogP contribution >= 0.6 is 0 Å². The summed E-state index contributed by atoms with van der Waals surface area (Å²) in [5, 5.41) is 3.50. The van der Waals surface area contributed by atoms with Gasteiger partial charge in [-0.1, -0.05) is 6.08 Å². The molecule has 0 unspecified atom stereocenters. The Bertz CT molecular complexity index is 376. The van der Waals surface area contributed by atoms with Crippen LogP contribution in [0, 0.1) is 0 Å². The van der Waals surface area contributed by atoms with Crippen LogP contribution in [-0.4, -0.2) is 24.0 Å². The summed E-state index contributed by atoms with van der Waals surface area (Å²) in [7, 11) is 2.13. The number of unbranched alkanes of at least 4 members (excludes halogenated alkanes) is 1. The quantitative estimate of drug-likeness (QED) is 0.575. The SMILES string of the molecule is C=CCCCN(C)Cc1occc1CNC(C)(C)C. The number of furan rings is 1. The molecule has 1 aromatic rings. The number of nitrogens with one attached hydrogen (secondary N) is 1. The van der Waals surface area contributed by atoms with Crippen LogP contribution in [0.1, 0.15) is 44.9 Å². The van der Waals surface area contributed by atoms with Crippen molar-refractivity contribution in [2.45, 2.75) is 52.2 Å². The van der Waals surface area contributed by atoms with Crippen LogP contribution in [0.3, 0.4) is 0 Å². The number of hydrogen-bond donors (Lipinski definition) is 1. The van der Waals surface area contributed by atoms with Gasteiger partial charge in [0.05, 0.1) is 12.8 Å². The molecule has 0 atom stereocenters. The average Bonchev–Trinajstić information content (AvgIpc) is 2.73. The second-order valence-electron chi connectivity index (χ2n) is 6.14. The Morgan fingerprint density at radius 3 is 2.79 bits per heavy atom. The zero-order valence-electron chi connectivity index (χ0n) is 12.8. The third kappa shape index (κ3) is 6.60. The Balaban J connectivity index is 2.45. The van der Waals surface area contributed by atoms with Crippen molar-refractivity contribution >= 4 is 0 Å². The van der Waals surface area contributed by atoms with Crippen LogP contribution in [0.25, 0.3) is 0 Å². The third-order valence-corrected chi connectivity index (χ3v) is 3.01. The van der Waals surface area contributed by atoms with Crippen molar-refractivity contribution in [2.75, 3.05) is 13.6 Å². The molecule has 0 aliphatic rings. The lowest BCUT2D eigenvalue weighted by Crippen LogP contribution is -2.35. The van der Waals surface area contributed by atoms with Crippen molar-refractivity contribution in [3.8, 4) is 0 Å². The van der Waals surface area contributed by atoms with Crippen LogP contribution in [0.5, 0.6) is 0 Å². The zero-order valence-corrected chi connectivity index (χ0v) is 12.8. The van der Waals surface area contributed by atoms with Gasteiger partial charge in [-0.15, -0.1) is 6.58 Å². The van der Waals surface area contributed by atoms with Crippen molar-refractivity contribution < 1.29 is 4.42 Å². The largest absolute Gasteiger partial charge is 0.468 e. The minimum Gasteiger partial charge on any atom is -0.468 e. The summed E-state index contributed by atoms with van der Waals surface area (Å²) >= 11 is 0. The number of nitrogens with zero attached hydrogens (tertiary/aromatic N) is 1. The fraction of sp³-hybridized carbons (Fsp3) is 0.625. The van der Waals surface area contributed by atoms with Gasteiger partial charge in [-0.05, 0) is 53.3 Å². The van der Waals surface area contributed by atoms with Gasteiger partial charge in [0.2, 0.25) is 0 Å². The van der Waals surface area contributed by atoms with Crippen LogP contribution in [0.15, 0.2) is 29.4 Å². The summed E-state index contributed by atoms with van der Waals surface area (Å²) in [6, 6.07) is 2.06. The molecular formula is C16H28N2O. The molecule has 1 heterocycles. The van der Waals surface area contributed by atoms with E-state index in [-0.39, 0.29) is 5.54 Å². The summed E-state index contributed by atoms with van der Waals surface area (Å²) in [6.07, 6.45) is 5.98.